The molecule has 0 radical (unpaired) electrons. The fraction of sp³-hybridized carbons (Fsp3) is 0.667. The minimum Gasteiger partial charge on any atom is -0.350 e. The molecule has 1 aromatic heterocycles. The Bertz CT molecular complexity index is 376. The van der Waals surface area contributed by atoms with Gasteiger partial charge in [0.25, 0.3) is 0 Å². The van der Waals surface area contributed by atoms with E-state index in [0.29, 0.717) is 6.54 Å². The Hall–Kier alpha value is -0.590. The quantitative estimate of drug-likeness (QED) is 0.802. The van der Waals surface area contributed by atoms with Gasteiger partial charge in [-0.1, -0.05) is 26.7 Å². The minimum absolute atomic E-state index is 0.0938. The molecule has 1 heterocycles. The predicted molar refractivity (Wildman–Crippen MR) is 76.5 cm³/mol. The van der Waals surface area contributed by atoms with Gasteiger partial charge in [-0.05, 0) is 29.0 Å². The van der Waals surface area contributed by atoms with E-state index in [0.717, 1.165) is 28.5 Å². The van der Waals surface area contributed by atoms with Gasteiger partial charge in [-0.15, -0.1) is 0 Å². The Morgan fingerprint density at radius 1 is 1.65 bits per heavy atom. The van der Waals surface area contributed by atoms with Crippen molar-refractivity contribution >= 4 is 28.5 Å². The molecule has 0 fully saturated rings. The average molecular weight is 349 g/mol. The summed E-state index contributed by atoms with van der Waals surface area (Å²) < 4.78 is 2.86. The summed E-state index contributed by atoms with van der Waals surface area (Å²) >= 11 is 2.23. The second kappa shape index (κ2) is 6.98. The van der Waals surface area contributed by atoms with Crippen LogP contribution in [0.3, 0.4) is 0 Å². The lowest BCUT2D eigenvalue weighted by Crippen LogP contribution is -2.29. The molecule has 0 bridgehead atoms. The van der Waals surface area contributed by atoms with Gasteiger partial charge in [0.1, 0.15) is 0 Å². The van der Waals surface area contributed by atoms with Crippen molar-refractivity contribution in [3.05, 3.63) is 15.5 Å². The first-order valence-electron chi connectivity index (χ1n) is 6.00. The first-order valence-corrected chi connectivity index (χ1v) is 7.08. The number of hydrogen-bond donors (Lipinski definition) is 1. The Morgan fingerprint density at radius 2 is 2.35 bits per heavy atom. The van der Waals surface area contributed by atoms with Gasteiger partial charge in [0, 0.05) is 19.2 Å². The maximum atomic E-state index is 11.8. The SMILES string of the molecule is CCCC[C@H](C)C(=O)NCc1nn(C)cc1I. The minimum atomic E-state index is 0.0938. The Balaban J connectivity index is 2.40. The maximum absolute atomic E-state index is 11.8. The Morgan fingerprint density at radius 3 is 2.88 bits per heavy atom. The molecule has 0 aliphatic heterocycles. The predicted octanol–water partition coefficient (Wildman–Crippen LogP) is 2.47. The molecular weight excluding hydrogens is 329 g/mol. The van der Waals surface area contributed by atoms with E-state index in [1.807, 2.05) is 20.2 Å². The first kappa shape index (κ1) is 14.5. The summed E-state index contributed by atoms with van der Waals surface area (Å²) in [5.74, 6) is 0.219. The fourth-order valence-electron chi connectivity index (χ4n) is 1.61. The van der Waals surface area contributed by atoms with E-state index < -0.39 is 0 Å². The van der Waals surface area contributed by atoms with Gasteiger partial charge in [-0.3, -0.25) is 9.48 Å². The van der Waals surface area contributed by atoms with Gasteiger partial charge in [0.15, 0.2) is 0 Å². The van der Waals surface area contributed by atoms with Crippen LogP contribution in [0.5, 0.6) is 0 Å². The molecule has 0 saturated heterocycles. The molecule has 0 unspecified atom stereocenters. The lowest BCUT2D eigenvalue weighted by atomic mass is 10.0. The number of nitrogens with one attached hydrogen (secondary N) is 1. The molecule has 1 atom stereocenters. The summed E-state index contributed by atoms with van der Waals surface area (Å²) in [5.41, 5.74) is 0.934. The van der Waals surface area contributed by atoms with E-state index in [9.17, 15) is 4.79 Å². The van der Waals surface area contributed by atoms with Crippen molar-refractivity contribution in [1.29, 1.82) is 0 Å². The number of unbranched alkanes of at least 4 members (excludes halogenated alkanes) is 1. The molecule has 0 saturated carbocycles. The summed E-state index contributed by atoms with van der Waals surface area (Å²) in [6, 6.07) is 0. The highest BCUT2D eigenvalue weighted by molar-refractivity contribution is 14.1. The molecule has 1 N–H and O–H groups in total. The highest BCUT2D eigenvalue weighted by Crippen LogP contribution is 2.11. The zero-order chi connectivity index (χ0) is 12.8. The highest BCUT2D eigenvalue weighted by atomic mass is 127. The molecule has 0 aromatic carbocycles. The number of aryl methyl sites for hydroxylation is 1. The molecule has 1 aromatic rings. The van der Waals surface area contributed by atoms with Gasteiger partial charge >= 0.3 is 0 Å². The molecule has 4 nitrogen and oxygen atoms in total. The van der Waals surface area contributed by atoms with Crippen molar-refractivity contribution < 1.29 is 4.79 Å². The molecule has 5 heteroatoms. The smallest absolute Gasteiger partial charge is 0.223 e. The number of nitrogens with zero attached hydrogens (tertiary/aromatic N) is 2. The summed E-state index contributed by atoms with van der Waals surface area (Å²) in [4.78, 5) is 11.8. The number of carbonyl (C=O) groups is 1. The average Bonchev–Trinajstić information content (AvgIpc) is 2.61. The Kier molecular flexibility index (Phi) is 5.94. The van der Waals surface area contributed by atoms with Gasteiger partial charge < -0.3 is 5.32 Å². The third kappa shape index (κ3) is 4.65. The molecule has 1 amide bonds. The molecule has 0 spiro atoms. The van der Waals surface area contributed by atoms with Crippen molar-refractivity contribution in [3.63, 3.8) is 0 Å². The Labute approximate surface area is 116 Å². The first-order chi connectivity index (χ1) is 8.04. The normalized spacial score (nSPS) is 12.5. The number of amides is 1. The zero-order valence-corrected chi connectivity index (χ0v) is 12.8. The van der Waals surface area contributed by atoms with E-state index in [-0.39, 0.29) is 11.8 Å². The summed E-state index contributed by atoms with van der Waals surface area (Å²) in [5, 5.41) is 7.24. The van der Waals surface area contributed by atoms with E-state index >= 15 is 0 Å². The molecule has 1 rings (SSSR count). The second-order valence-electron chi connectivity index (χ2n) is 4.36. The van der Waals surface area contributed by atoms with Crippen molar-refractivity contribution in [2.24, 2.45) is 13.0 Å². The number of rotatable bonds is 6. The van der Waals surface area contributed by atoms with Crippen LogP contribution in [-0.2, 0) is 18.4 Å². The highest BCUT2D eigenvalue weighted by Gasteiger charge is 2.13. The van der Waals surface area contributed by atoms with Crippen molar-refractivity contribution in [2.75, 3.05) is 0 Å². The van der Waals surface area contributed by atoms with Crippen LogP contribution in [0.4, 0.5) is 0 Å². The van der Waals surface area contributed by atoms with Crippen LogP contribution in [0, 0.1) is 9.49 Å². The third-order valence-corrected chi connectivity index (χ3v) is 3.62. The largest absolute Gasteiger partial charge is 0.350 e. The molecular formula is C12H20IN3O. The van der Waals surface area contributed by atoms with Crippen LogP contribution in [0.2, 0.25) is 0 Å². The summed E-state index contributed by atoms with van der Waals surface area (Å²) in [6.07, 6.45) is 5.15. The number of hydrogen-bond acceptors (Lipinski definition) is 2. The second-order valence-corrected chi connectivity index (χ2v) is 5.52. The third-order valence-electron chi connectivity index (χ3n) is 2.72. The monoisotopic (exact) mass is 349 g/mol. The van der Waals surface area contributed by atoms with Crippen LogP contribution in [0.1, 0.15) is 38.8 Å². The van der Waals surface area contributed by atoms with Crippen LogP contribution < -0.4 is 5.32 Å². The fourth-order valence-corrected chi connectivity index (χ4v) is 2.31. The summed E-state index contributed by atoms with van der Waals surface area (Å²) in [7, 11) is 1.89. The molecule has 17 heavy (non-hydrogen) atoms. The van der Waals surface area contributed by atoms with Gasteiger partial charge in [0.2, 0.25) is 5.91 Å². The van der Waals surface area contributed by atoms with Crippen LogP contribution in [-0.4, -0.2) is 15.7 Å². The standard InChI is InChI=1S/C12H20IN3O/c1-4-5-6-9(2)12(17)14-7-11-10(13)8-16(3)15-11/h8-9H,4-7H2,1-3H3,(H,14,17)/t9-/m0/s1. The van der Waals surface area contributed by atoms with Crippen LogP contribution in [0.25, 0.3) is 0 Å². The van der Waals surface area contributed by atoms with Gasteiger partial charge in [-0.2, -0.15) is 5.10 Å². The van der Waals surface area contributed by atoms with E-state index in [1.54, 1.807) is 4.68 Å². The zero-order valence-electron chi connectivity index (χ0n) is 10.7. The van der Waals surface area contributed by atoms with E-state index in [2.05, 4.69) is 39.9 Å². The van der Waals surface area contributed by atoms with E-state index in [4.69, 9.17) is 0 Å². The van der Waals surface area contributed by atoms with E-state index in [1.165, 1.54) is 0 Å². The number of halogens is 1. The topological polar surface area (TPSA) is 46.9 Å². The van der Waals surface area contributed by atoms with Crippen molar-refractivity contribution in [3.8, 4) is 0 Å². The molecule has 96 valence electrons. The van der Waals surface area contributed by atoms with Gasteiger partial charge in [-0.25, -0.2) is 0 Å². The molecule has 0 aliphatic rings. The van der Waals surface area contributed by atoms with Crippen LogP contribution in [0.15, 0.2) is 6.20 Å². The van der Waals surface area contributed by atoms with Crippen molar-refractivity contribution in [2.45, 2.75) is 39.7 Å². The molecule has 0 aliphatic carbocycles. The lowest BCUT2D eigenvalue weighted by Gasteiger charge is -2.10. The maximum Gasteiger partial charge on any atom is 0.223 e. The lowest BCUT2D eigenvalue weighted by molar-refractivity contribution is -0.124. The van der Waals surface area contributed by atoms with Gasteiger partial charge in [0.05, 0.1) is 15.8 Å². The number of carbonyl (C=O) groups excluding carboxylic acids is 1. The number of aromatic nitrogens is 2. The summed E-state index contributed by atoms with van der Waals surface area (Å²) in [6.45, 7) is 4.64. The van der Waals surface area contributed by atoms with Crippen LogP contribution >= 0.6 is 22.6 Å². The van der Waals surface area contributed by atoms with Crippen molar-refractivity contribution in [1.82, 2.24) is 15.1 Å².